The fraction of sp³-hybridized carbons (Fsp3) is 0.938. The number of rotatable bonds is 4. The zero-order valence-corrected chi connectivity index (χ0v) is 14.5. The van der Waals surface area contributed by atoms with Crippen molar-refractivity contribution in [1.29, 1.82) is 0 Å². The number of piperidine rings is 1. The van der Waals surface area contributed by atoms with Gasteiger partial charge >= 0.3 is 6.09 Å². The molecule has 5 nitrogen and oxygen atoms in total. The number of alkyl carbamates (subject to hydrolysis) is 1. The normalized spacial score (nSPS) is 27.0. The number of carbonyl (C=O) groups excluding carboxylic acids is 1. The van der Waals surface area contributed by atoms with Crippen molar-refractivity contribution >= 4 is 6.09 Å². The molecule has 0 aromatic rings. The predicted octanol–water partition coefficient (Wildman–Crippen LogP) is 2.35. The van der Waals surface area contributed by atoms with Crippen molar-refractivity contribution in [3.8, 4) is 0 Å². The van der Waals surface area contributed by atoms with E-state index in [2.05, 4.69) is 24.1 Å². The lowest BCUT2D eigenvalue weighted by Gasteiger charge is -2.44. The second-order valence-electron chi connectivity index (χ2n) is 7.47. The molecule has 0 aromatic carbocycles. The molecule has 1 heterocycles. The molecule has 0 aromatic heterocycles. The van der Waals surface area contributed by atoms with E-state index < -0.39 is 5.60 Å². The van der Waals surface area contributed by atoms with Gasteiger partial charge < -0.3 is 15.8 Å². The third-order valence-corrected chi connectivity index (χ3v) is 4.15. The Bertz CT molecular complexity index is 341. The van der Waals surface area contributed by atoms with Crippen LogP contribution in [0.4, 0.5) is 4.79 Å². The zero-order chi connectivity index (χ0) is 16.2. The van der Waals surface area contributed by atoms with Crippen LogP contribution in [-0.4, -0.2) is 47.8 Å². The first-order valence-corrected chi connectivity index (χ1v) is 8.09. The fourth-order valence-corrected chi connectivity index (χ4v) is 3.00. The first-order valence-electron chi connectivity index (χ1n) is 8.09. The number of carbonyl (C=O) groups is 1. The maximum absolute atomic E-state index is 11.9. The molecule has 1 amide bonds. The Hall–Kier alpha value is -0.810. The Kier molecular flexibility index (Phi) is 6.47. The molecule has 0 saturated carbocycles. The number of hydrogen-bond donors (Lipinski definition) is 2. The fourth-order valence-electron chi connectivity index (χ4n) is 3.00. The third kappa shape index (κ3) is 5.83. The number of likely N-dealkylation sites (tertiary alicyclic amines) is 1. The molecule has 0 radical (unpaired) electrons. The molecular weight excluding hydrogens is 266 g/mol. The van der Waals surface area contributed by atoms with Crippen LogP contribution in [0.2, 0.25) is 0 Å². The quantitative estimate of drug-likeness (QED) is 0.836. The van der Waals surface area contributed by atoms with Crippen LogP contribution in [0.1, 0.15) is 54.4 Å². The first kappa shape index (κ1) is 18.2. The molecule has 21 heavy (non-hydrogen) atoms. The Balaban J connectivity index is 2.63. The van der Waals surface area contributed by atoms with Crippen molar-refractivity contribution in [1.82, 2.24) is 10.2 Å². The summed E-state index contributed by atoms with van der Waals surface area (Å²) in [6, 6.07) is 0.630. The molecule has 0 spiro atoms. The minimum absolute atomic E-state index is 0.0300. The van der Waals surface area contributed by atoms with Gasteiger partial charge in [-0.1, -0.05) is 6.92 Å². The van der Waals surface area contributed by atoms with Crippen molar-refractivity contribution < 1.29 is 9.53 Å². The van der Waals surface area contributed by atoms with Gasteiger partial charge in [0.1, 0.15) is 5.60 Å². The van der Waals surface area contributed by atoms with Crippen molar-refractivity contribution in [2.45, 2.75) is 78.1 Å². The number of nitrogens with zero attached hydrogens (tertiary/aromatic N) is 1. The van der Waals surface area contributed by atoms with Crippen LogP contribution in [0.25, 0.3) is 0 Å². The van der Waals surface area contributed by atoms with Gasteiger partial charge in [-0.25, -0.2) is 4.79 Å². The molecule has 1 fully saturated rings. The van der Waals surface area contributed by atoms with E-state index in [1.807, 2.05) is 27.7 Å². The summed E-state index contributed by atoms with van der Waals surface area (Å²) < 4.78 is 5.33. The van der Waals surface area contributed by atoms with Crippen LogP contribution >= 0.6 is 0 Å². The van der Waals surface area contributed by atoms with E-state index in [4.69, 9.17) is 10.5 Å². The van der Waals surface area contributed by atoms with Crippen LogP contribution in [0.3, 0.4) is 0 Å². The van der Waals surface area contributed by atoms with E-state index in [0.29, 0.717) is 18.5 Å². The first-order chi connectivity index (χ1) is 9.64. The van der Waals surface area contributed by atoms with Crippen LogP contribution in [0.15, 0.2) is 0 Å². The summed E-state index contributed by atoms with van der Waals surface area (Å²) >= 11 is 0. The molecule has 3 N–H and O–H groups in total. The maximum atomic E-state index is 11.9. The SMILES string of the molecule is CC1CCC(C)N(C(CN)C(C)NC(=O)OC(C)(C)C)C1. The van der Waals surface area contributed by atoms with Gasteiger partial charge in [-0.3, -0.25) is 4.90 Å². The molecule has 4 atom stereocenters. The Morgan fingerprint density at radius 1 is 1.38 bits per heavy atom. The van der Waals surface area contributed by atoms with Gasteiger partial charge in [0.15, 0.2) is 0 Å². The average Bonchev–Trinajstić information content (AvgIpc) is 2.31. The summed E-state index contributed by atoms with van der Waals surface area (Å²) in [5, 5.41) is 2.94. The highest BCUT2D eigenvalue weighted by atomic mass is 16.6. The van der Waals surface area contributed by atoms with Crippen LogP contribution < -0.4 is 11.1 Å². The summed E-state index contributed by atoms with van der Waals surface area (Å²) in [7, 11) is 0. The molecule has 1 rings (SSSR count). The van der Waals surface area contributed by atoms with E-state index >= 15 is 0 Å². The van der Waals surface area contributed by atoms with Crippen molar-refractivity contribution in [3.63, 3.8) is 0 Å². The second-order valence-corrected chi connectivity index (χ2v) is 7.47. The number of ether oxygens (including phenoxy) is 1. The summed E-state index contributed by atoms with van der Waals surface area (Å²) in [5.41, 5.74) is 5.50. The number of hydrogen-bond acceptors (Lipinski definition) is 4. The van der Waals surface area contributed by atoms with E-state index in [9.17, 15) is 4.79 Å². The lowest BCUT2D eigenvalue weighted by molar-refractivity contribution is 0.0375. The highest BCUT2D eigenvalue weighted by molar-refractivity contribution is 5.68. The Morgan fingerprint density at radius 3 is 2.52 bits per heavy atom. The lowest BCUT2D eigenvalue weighted by atomic mass is 9.92. The standard InChI is InChI=1S/C16H33N3O2/c1-11-7-8-12(2)19(10-11)14(9-17)13(3)18-15(20)21-16(4,5)6/h11-14H,7-10,17H2,1-6H3,(H,18,20). The van der Waals surface area contributed by atoms with Gasteiger partial charge in [0.2, 0.25) is 0 Å². The highest BCUT2D eigenvalue weighted by Crippen LogP contribution is 2.24. The largest absolute Gasteiger partial charge is 0.444 e. The summed E-state index contributed by atoms with van der Waals surface area (Å²) in [6.45, 7) is 13.7. The highest BCUT2D eigenvalue weighted by Gasteiger charge is 2.32. The molecule has 4 unspecified atom stereocenters. The lowest BCUT2D eigenvalue weighted by Crippen LogP contribution is -2.58. The number of nitrogens with one attached hydrogen (secondary N) is 1. The van der Waals surface area contributed by atoms with Gasteiger partial charge in [0.05, 0.1) is 0 Å². The van der Waals surface area contributed by atoms with E-state index in [0.717, 1.165) is 6.54 Å². The van der Waals surface area contributed by atoms with Gasteiger partial charge in [-0.2, -0.15) is 0 Å². The van der Waals surface area contributed by atoms with Gasteiger partial charge in [0, 0.05) is 31.2 Å². The van der Waals surface area contributed by atoms with E-state index in [1.165, 1.54) is 12.8 Å². The second kappa shape index (κ2) is 7.45. The Morgan fingerprint density at radius 2 is 2.00 bits per heavy atom. The van der Waals surface area contributed by atoms with Gasteiger partial charge in [-0.15, -0.1) is 0 Å². The topological polar surface area (TPSA) is 67.6 Å². The molecule has 5 heteroatoms. The monoisotopic (exact) mass is 299 g/mol. The van der Waals surface area contributed by atoms with Crippen molar-refractivity contribution in [2.24, 2.45) is 11.7 Å². The zero-order valence-electron chi connectivity index (χ0n) is 14.5. The van der Waals surface area contributed by atoms with Gasteiger partial charge in [-0.05, 0) is 53.4 Å². The summed E-state index contributed by atoms with van der Waals surface area (Å²) in [6.07, 6.45) is 2.09. The van der Waals surface area contributed by atoms with E-state index in [1.54, 1.807) is 0 Å². The van der Waals surface area contributed by atoms with Crippen LogP contribution in [0, 0.1) is 5.92 Å². The summed E-state index contributed by atoms with van der Waals surface area (Å²) in [5.74, 6) is 0.684. The molecule has 0 bridgehead atoms. The van der Waals surface area contributed by atoms with E-state index in [-0.39, 0.29) is 18.2 Å². The molecule has 1 aliphatic heterocycles. The molecule has 1 saturated heterocycles. The minimum atomic E-state index is -0.477. The average molecular weight is 299 g/mol. The smallest absolute Gasteiger partial charge is 0.407 e. The maximum Gasteiger partial charge on any atom is 0.407 e. The van der Waals surface area contributed by atoms with Crippen molar-refractivity contribution in [2.75, 3.05) is 13.1 Å². The summed E-state index contributed by atoms with van der Waals surface area (Å²) in [4.78, 5) is 14.4. The number of amides is 1. The molecule has 0 aliphatic carbocycles. The number of nitrogens with two attached hydrogens (primary N) is 1. The minimum Gasteiger partial charge on any atom is -0.444 e. The molecule has 1 aliphatic rings. The molecular formula is C16H33N3O2. The Labute approximate surface area is 129 Å². The van der Waals surface area contributed by atoms with Gasteiger partial charge in [0.25, 0.3) is 0 Å². The van der Waals surface area contributed by atoms with Crippen LogP contribution in [0.5, 0.6) is 0 Å². The van der Waals surface area contributed by atoms with Crippen molar-refractivity contribution in [3.05, 3.63) is 0 Å². The molecule has 124 valence electrons. The van der Waals surface area contributed by atoms with Crippen LogP contribution in [-0.2, 0) is 4.74 Å². The third-order valence-electron chi connectivity index (χ3n) is 4.15. The predicted molar refractivity (Wildman–Crippen MR) is 86.2 cm³/mol.